The number of carbonyl (C=O) groups is 1. The fraction of sp³-hybridized carbons (Fsp3) is 0.0769. The van der Waals surface area contributed by atoms with Crippen molar-refractivity contribution in [2.45, 2.75) is 6.54 Å². The topological polar surface area (TPSA) is 62.2 Å². The predicted molar refractivity (Wildman–Crippen MR) is 64.9 cm³/mol. The van der Waals surface area contributed by atoms with Gasteiger partial charge in [-0.2, -0.15) is 0 Å². The summed E-state index contributed by atoms with van der Waals surface area (Å²) >= 11 is 0. The minimum atomic E-state index is -1.29. The Morgan fingerprint density at radius 3 is 2.67 bits per heavy atom. The maximum absolute atomic E-state index is 13.4. The molecule has 0 aliphatic carbocycles. The quantitative estimate of drug-likeness (QED) is 0.870. The number of aromatic carboxylic acids is 1. The summed E-state index contributed by atoms with van der Waals surface area (Å²) in [5.74, 6) is -2.03. The molecular weight excluding hydrogens is 235 g/mol. The van der Waals surface area contributed by atoms with Crippen LogP contribution in [0.25, 0.3) is 0 Å². The highest BCUT2D eigenvalue weighted by atomic mass is 19.1. The zero-order valence-corrected chi connectivity index (χ0v) is 9.43. The van der Waals surface area contributed by atoms with Gasteiger partial charge in [-0.15, -0.1) is 0 Å². The van der Waals surface area contributed by atoms with Gasteiger partial charge in [0, 0.05) is 18.9 Å². The summed E-state index contributed by atoms with van der Waals surface area (Å²) in [6.07, 6.45) is 3.28. The summed E-state index contributed by atoms with van der Waals surface area (Å²) in [4.78, 5) is 14.8. The number of hydrogen-bond donors (Lipinski definition) is 2. The second-order valence-electron chi connectivity index (χ2n) is 3.68. The first-order valence-electron chi connectivity index (χ1n) is 5.33. The number of hydrogen-bond acceptors (Lipinski definition) is 3. The molecule has 92 valence electrons. The molecule has 0 fully saturated rings. The normalized spacial score (nSPS) is 10.1. The zero-order valence-electron chi connectivity index (χ0n) is 9.43. The van der Waals surface area contributed by atoms with Crippen LogP contribution in [-0.4, -0.2) is 16.1 Å². The highest BCUT2D eigenvalue weighted by Gasteiger charge is 2.15. The van der Waals surface area contributed by atoms with Crippen molar-refractivity contribution in [1.82, 2.24) is 4.98 Å². The number of carboxylic acid groups (broad SMARTS) is 1. The first-order chi connectivity index (χ1) is 8.68. The Morgan fingerprint density at radius 2 is 2.00 bits per heavy atom. The van der Waals surface area contributed by atoms with E-state index in [0.717, 1.165) is 11.6 Å². The SMILES string of the molecule is O=C(O)c1c(F)cccc1NCc1ccncc1. The molecule has 1 heterocycles. The molecule has 0 atom stereocenters. The number of nitrogens with one attached hydrogen (secondary N) is 1. The van der Waals surface area contributed by atoms with E-state index >= 15 is 0 Å². The van der Waals surface area contributed by atoms with Gasteiger partial charge < -0.3 is 10.4 Å². The Labute approximate surface area is 103 Å². The lowest BCUT2D eigenvalue weighted by molar-refractivity contribution is 0.0693. The van der Waals surface area contributed by atoms with Crippen molar-refractivity contribution in [2.75, 3.05) is 5.32 Å². The van der Waals surface area contributed by atoms with Crippen LogP contribution in [0.4, 0.5) is 10.1 Å². The van der Waals surface area contributed by atoms with Crippen molar-refractivity contribution in [3.05, 3.63) is 59.7 Å². The fourth-order valence-electron chi connectivity index (χ4n) is 1.59. The Bertz CT molecular complexity index is 558. The molecule has 0 aliphatic rings. The van der Waals surface area contributed by atoms with Crippen LogP contribution in [0.1, 0.15) is 15.9 Å². The average molecular weight is 246 g/mol. The number of carboxylic acids is 1. The third-order valence-corrected chi connectivity index (χ3v) is 2.46. The predicted octanol–water partition coefficient (Wildman–Crippen LogP) is 2.53. The van der Waals surface area contributed by atoms with Crippen molar-refractivity contribution in [2.24, 2.45) is 0 Å². The molecule has 0 bridgehead atoms. The molecule has 4 nitrogen and oxygen atoms in total. The van der Waals surface area contributed by atoms with E-state index in [9.17, 15) is 9.18 Å². The van der Waals surface area contributed by atoms with Gasteiger partial charge in [-0.1, -0.05) is 6.07 Å². The molecule has 1 aromatic carbocycles. The molecule has 0 saturated heterocycles. The second kappa shape index (κ2) is 5.27. The second-order valence-corrected chi connectivity index (χ2v) is 3.68. The largest absolute Gasteiger partial charge is 0.478 e. The minimum Gasteiger partial charge on any atom is -0.478 e. The fourth-order valence-corrected chi connectivity index (χ4v) is 1.59. The van der Waals surface area contributed by atoms with Gasteiger partial charge in [0.1, 0.15) is 11.4 Å². The molecule has 0 saturated carbocycles. The summed E-state index contributed by atoms with van der Waals surface area (Å²) in [6.45, 7) is 0.409. The third kappa shape index (κ3) is 2.63. The Hall–Kier alpha value is -2.43. The Kier molecular flexibility index (Phi) is 3.52. The summed E-state index contributed by atoms with van der Waals surface area (Å²) < 4.78 is 13.4. The number of halogens is 1. The molecule has 2 rings (SSSR count). The highest BCUT2D eigenvalue weighted by Crippen LogP contribution is 2.19. The van der Waals surface area contributed by atoms with Crippen LogP contribution in [0.3, 0.4) is 0 Å². The maximum Gasteiger partial charge on any atom is 0.340 e. The zero-order chi connectivity index (χ0) is 13.0. The lowest BCUT2D eigenvalue weighted by atomic mass is 10.1. The van der Waals surface area contributed by atoms with E-state index in [1.807, 2.05) is 0 Å². The molecule has 2 aromatic rings. The first kappa shape index (κ1) is 12.0. The van der Waals surface area contributed by atoms with E-state index in [1.165, 1.54) is 12.1 Å². The van der Waals surface area contributed by atoms with Crippen LogP contribution in [0, 0.1) is 5.82 Å². The standard InChI is InChI=1S/C13H11FN2O2/c14-10-2-1-3-11(12(10)13(17)18)16-8-9-4-6-15-7-5-9/h1-7,16H,8H2,(H,17,18). The van der Waals surface area contributed by atoms with E-state index in [-0.39, 0.29) is 11.3 Å². The number of nitrogens with zero attached hydrogens (tertiary/aromatic N) is 1. The van der Waals surface area contributed by atoms with Gasteiger partial charge in [0.25, 0.3) is 0 Å². The highest BCUT2D eigenvalue weighted by molar-refractivity contribution is 5.94. The number of rotatable bonds is 4. The van der Waals surface area contributed by atoms with E-state index in [0.29, 0.717) is 6.54 Å². The van der Waals surface area contributed by atoms with E-state index in [2.05, 4.69) is 10.3 Å². The van der Waals surface area contributed by atoms with Gasteiger partial charge in [0.15, 0.2) is 0 Å². The van der Waals surface area contributed by atoms with Crippen LogP contribution < -0.4 is 5.32 Å². The lowest BCUT2D eigenvalue weighted by Gasteiger charge is -2.10. The number of benzene rings is 1. The summed E-state index contributed by atoms with van der Waals surface area (Å²) in [5, 5.41) is 11.9. The van der Waals surface area contributed by atoms with Crippen molar-refractivity contribution >= 4 is 11.7 Å². The Morgan fingerprint density at radius 1 is 1.28 bits per heavy atom. The van der Waals surface area contributed by atoms with E-state index in [1.54, 1.807) is 24.5 Å². The third-order valence-electron chi connectivity index (χ3n) is 2.46. The van der Waals surface area contributed by atoms with Gasteiger partial charge >= 0.3 is 5.97 Å². The first-order valence-corrected chi connectivity index (χ1v) is 5.33. The minimum absolute atomic E-state index is 0.263. The smallest absolute Gasteiger partial charge is 0.340 e. The maximum atomic E-state index is 13.4. The van der Waals surface area contributed by atoms with E-state index < -0.39 is 11.8 Å². The molecule has 0 radical (unpaired) electrons. The summed E-state index contributed by atoms with van der Waals surface area (Å²) in [6, 6.07) is 7.73. The molecule has 1 aromatic heterocycles. The van der Waals surface area contributed by atoms with Crippen LogP contribution in [0.2, 0.25) is 0 Å². The molecular formula is C13H11FN2O2. The van der Waals surface area contributed by atoms with Gasteiger partial charge in [0.05, 0.1) is 5.69 Å². The summed E-state index contributed by atoms with van der Waals surface area (Å²) in [5.41, 5.74) is 0.858. The van der Waals surface area contributed by atoms with Crippen molar-refractivity contribution in [1.29, 1.82) is 0 Å². The number of pyridine rings is 1. The van der Waals surface area contributed by atoms with Gasteiger partial charge in [-0.25, -0.2) is 9.18 Å². The van der Waals surface area contributed by atoms with Crippen LogP contribution in [0.15, 0.2) is 42.7 Å². The molecule has 0 aliphatic heterocycles. The molecule has 0 unspecified atom stereocenters. The molecule has 0 amide bonds. The van der Waals surface area contributed by atoms with Gasteiger partial charge in [-0.3, -0.25) is 4.98 Å². The van der Waals surface area contributed by atoms with Crippen LogP contribution in [-0.2, 0) is 6.54 Å². The van der Waals surface area contributed by atoms with Crippen LogP contribution in [0.5, 0.6) is 0 Å². The van der Waals surface area contributed by atoms with Gasteiger partial charge in [-0.05, 0) is 29.8 Å². The molecule has 5 heteroatoms. The number of anilines is 1. The van der Waals surface area contributed by atoms with Gasteiger partial charge in [0.2, 0.25) is 0 Å². The van der Waals surface area contributed by atoms with Crippen molar-refractivity contribution in [3.8, 4) is 0 Å². The average Bonchev–Trinajstić information content (AvgIpc) is 2.37. The monoisotopic (exact) mass is 246 g/mol. The van der Waals surface area contributed by atoms with Crippen molar-refractivity contribution < 1.29 is 14.3 Å². The summed E-state index contributed by atoms with van der Waals surface area (Å²) in [7, 11) is 0. The molecule has 18 heavy (non-hydrogen) atoms. The molecule has 0 spiro atoms. The molecule has 2 N–H and O–H groups in total. The lowest BCUT2D eigenvalue weighted by Crippen LogP contribution is -2.08. The van der Waals surface area contributed by atoms with Crippen LogP contribution >= 0.6 is 0 Å². The van der Waals surface area contributed by atoms with Crippen molar-refractivity contribution in [3.63, 3.8) is 0 Å². The van der Waals surface area contributed by atoms with E-state index in [4.69, 9.17) is 5.11 Å². The Balaban J connectivity index is 2.20. The number of aromatic nitrogens is 1.